The van der Waals surface area contributed by atoms with Crippen molar-refractivity contribution in [2.45, 2.75) is 6.54 Å². The molecule has 0 radical (unpaired) electrons. The molecule has 0 aliphatic heterocycles. The molecule has 5 nitrogen and oxygen atoms in total. The van der Waals surface area contributed by atoms with Gasteiger partial charge in [-0.25, -0.2) is 4.98 Å². The summed E-state index contributed by atoms with van der Waals surface area (Å²) < 4.78 is 5.18. The number of pyridine rings is 1. The van der Waals surface area contributed by atoms with Crippen molar-refractivity contribution >= 4 is 17.3 Å². The molecule has 26 heavy (non-hydrogen) atoms. The first-order valence-corrected chi connectivity index (χ1v) is 8.33. The highest BCUT2D eigenvalue weighted by Crippen LogP contribution is 2.27. The maximum Gasteiger partial charge on any atom is 0.261 e. The molecule has 1 N–H and O–H groups in total. The van der Waals surface area contributed by atoms with E-state index in [2.05, 4.69) is 27.3 Å². The highest BCUT2D eigenvalue weighted by atomic mass is 16.5. The summed E-state index contributed by atoms with van der Waals surface area (Å²) in [5, 5.41) is 2.97. The quantitative estimate of drug-likeness (QED) is 0.733. The summed E-state index contributed by atoms with van der Waals surface area (Å²) in [6.45, 7) is 0.740. The molecule has 0 saturated heterocycles. The largest absolute Gasteiger partial charge is 0.480 e. The molecule has 0 unspecified atom stereocenters. The number of nitrogens with zero attached hydrogens (tertiary/aromatic N) is 2. The van der Waals surface area contributed by atoms with Crippen LogP contribution in [0.3, 0.4) is 0 Å². The van der Waals surface area contributed by atoms with Crippen LogP contribution in [0.2, 0.25) is 0 Å². The van der Waals surface area contributed by atoms with Crippen molar-refractivity contribution in [2.75, 3.05) is 24.4 Å². The Hall–Kier alpha value is -3.34. The van der Waals surface area contributed by atoms with Crippen LogP contribution >= 0.6 is 0 Å². The molecule has 0 aliphatic rings. The molecule has 3 rings (SSSR count). The summed E-state index contributed by atoms with van der Waals surface area (Å²) in [6, 6.07) is 21.3. The smallest absolute Gasteiger partial charge is 0.261 e. The molecule has 0 saturated carbocycles. The zero-order valence-corrected chi connectivity index (χ0v) is 14.8. The van der Waals surface area contributed by atoms with Gasteiger partial charge in [-0.05, 0) is 29.8 Å². The minimum Gasteiger partial charge on any atom is -0.480 e. The van der Waals surface area contributed by atoms with Crippen molar-refractivity contribution in [1.29, 1.82) is 0 Å². The second-order valence-corrected chi connectivity index (χ2v) is 5.87. The lowest BCUT2D eigenvalue weighted by atomic mass is 10.2. The van der Waals surface area contributed by atoms with E-state index in [1.54, 1.807) is 18.3 Å². The molecule has 1 amide bonds. The van der Waals surface area contributed by atoms with Gasteiger partial charge in [0.25, 0.3) is 5.91 Å². The highest BCUT2D eigenvalue weighted by molar-refractivity contribution is 6.07. The normalized spacial score (nSPS) is 10.2. The van der Waals surface area contributed by atoms with E-state index in [1.807, 2.05) is 49.5 Å². The molecule has 2 aromatic carbocycles. The minimum atomic E-state index is -0.254. The van der Waals surface area contributed by atoms with Gasteiger partial charge in [0.1, 0.15) is 5.56 Å². The lowest BCUT2D eigenvalue weighted by molar-refractivity contribution is 0.102. The molecule has 3 aromatic rings. The minimum absolute atomic E-state index is 0.254. The second kappa shape index (κ2) is 8.16. The number of para-hydroxylation sites is 2. The first-order chi connectivity index (χ1) is 12.7. The molecule has 0 fully saturated rings. The Morgan fingerprint density at radius 2 is 1.77 bits per heavy atom. The fourth-order valence-corrected chi connectivity index (χ4v) is 2.77. The van der Waals surface area contributed by atoms with Gasteiger partial charge in [0, 0.05) is 19.8 Å². The number of amides is 1. The van der Waals surface area contributed by atoms with Gasteiger partial charge < -0.3 is 15.0 Å². The maximum absolute atomic E-state index is 12.7. The summed E-state index contributed by atoms with van der Waals surface area (Å²) in [5.74, 6) is 0.0515. The Kier molecular flexibility index (Phi) is 5.49. The van der Waals surface area contributed by atoms with E-state index in [0.29, 0.717) is 11.4 Å². The average Bonchev–Trinajstić information content (AvgIpc) is 2.69. The van der Waals surface area contributed by atoms with Crippen LogP contribution in [-0.2, 0) is 6.54 Å². The van der Waals surface area contributed by atoms with E-state index in [0.717, 1.165) is 17.9 Å². The standard InChI is InChI=1S/C21H21N3O2/c1-24(15-16-9-4-3-5-10-16)19-13-7-6-12-18(19)23-20(25)17-11-8-14-22-21(17)26-2/h3-14H,15H2,1-2H3,(H,23,25). The van der Waals surface area contributed by atoms with Crippen LogP contribution < -0.4 is 15.0 Å². The molecule has 1 aromatic heterocycles. The van der Waals surface area contributed by atoms with E-state index in [1.165, 1.54) is 12.7 Å². The third-order valence-corrected chi connectivity index (χ3v) is 4.04. The van der Waals surface area contributed by atoms with E-state index in [4.69, 9.17) is 4.74 Å². The van der Waals surface area contributed by atoms with E-state index >= 15 is 0 Å². The van der Waals surface area contributed by atoms with Crippen LogP contribution in [-0.4, -0.2) is 25.0 Å². The number of hydrogen-bond donors (Lipinski definition) is 1. The Labute approximate surface area is 153 Å². The van der Waals surface area contributed by atoms with Crippen molar-refractivity contribution in [3.63, 3.8) is 0 Å². The molecule has 0 aliphatic carbocycles. The number of ether oxygens (including phenoxy) is 1. The van der Waals surface area contributed by atoms with Crippen LogP contribution in [0.1, 0.15) is 15.9 Å². The van der Waals surface area contributed by atoms with Crippen molar-refractivity contribution in [3.05, 3.63) is 84.1 Å². The zero-order chi connectivity index (χ0) is 18.4. The lowest BCUT2D eigenvalue weighted by Crippen LogP contribution is -2.20. The highest BCUT2D eigenvalue weighted by Gasteiger charge is 2.15. The number of rotatable bonds is 6. The fraction of sp³-hybridized carbons (Fsp3) is 0.143. The molecular formula is C21H21N3O2. The summed E-state index contributed by atoms with van der Waals surface area (Å²) in [4.78, 5) is 18.9. The summed E-state index contributed by atoms with van der Waals surface area (Å²) >= 11 is 0. The number of aromatic nitrogens is 1. The molecule has 0 bridgehead atoms. The number of carbonyl (C=O) groups excluding carboxylic acids is 1. The van der Waals surface area contributed by atoms with Gasteiger partial charge in [-0.3, -0.25) is 4.79 Å². The van der Waals surface area contributed by atoms with Crippen LogP contribution in [0.4, 0.5) is 11.4 Å². The second-order valence-electron chi connectivity index (χ2n) is 5.87. The number of anilines is 2. The van der Waals surface area contributed by atoms with E-state index < -0.39 is 0 Å². The average molecular weight is 347 g/mol. The van der Waals surface area contributed by atoms with Gasteiger partial charge in [-0.15, -0.1) is 0 Å². The molecule has 0 spiro atoms. The third-order valence-electron chi connectivity index (χ3n) is 4.04. The Bertz CT molecular complexity index is 881. The van der Waals surface area contributed by atoms with Gasteiger partial charge in [0.15, 0.2) is 0 Å². The topological polar surface area (TPSA) is 54.5 Å². The van der Waals surface area contributed by atoms with Gasteiger partial charge in [-0.2, -0.15) is 0 Å². The Morgan fingerprint density at radius 1 is 1.04 bits per heavy atom. The van der Waals surface area contributed by atoms with Crippen LogP contribution in [0.15, 0.2) is 72.9 Å². The number of hydrogen-bond acceptors (Lipinski definition) is 4. The van der Waals surface area contributed by atoms with E-state index in [9.17, 15) is 4.79 Å². The maximum atomic E-state index is 12.7. The number of benzene rings is 2. The summed E-state index contributed by atoms with van der Waals surface area (Å²) in [7, 11) is 3.50. The predicted molar refractivity (Wildman–Crippen MR) is 104 cm³/mol. The third kappa shape index (κ3) is 4.00. The van der Waals surface area contributed by atoms with Gasteiger partial charge in [-0.1, -0.05) is 42.5 Å². The SMILES string of the molecule is COc1ncccc1C(=O)Nc1ccccc1N(C)Cc1ccccc1. The molecule has 1 heterocycles. The zero-order valence-electron chi connectivity index (χ0n) is 14.8. The van der Waals surface area contributed by atoms with Crippen LogP contribution in [0, 0.1) is 0 Å². The first kappa shape index (κ1) is 17.5. The lowest BCUT2D eigenvalue weighted by Gasteiger charge is -2.23. The van der Waals surface area contributed by atoms with Gasteiger partial charge in [0.05, 0.1) is 18.5 Å². The van der Waals surface area contributed by atoms with Crippen molar-refractivity contribution in [1.82, 2.24) is 4.98 Å². The monoisotopic (exact) mass is 347 g/mol. The Balaban J connectivity index is 1.82. The Morgan fingerprint density at radius 3 is 2.54 bits per heavy atom. The van der Waals surface area contributed by atoms with Crippen LogP contribution in [0.25, 0.3) is 0 Å². The van der Waals surface area contributed by atoms with Gasteiger partial charge in [0.2, 0.25) is 5.88 Å². The van der Waals surface area contributed by atoms with Crippen molar-refractivity contribution in [2.24, 2.45) is 0 Å². The summed E-state index contributed by atoms with van der Waals surface area (Å²) in [5.41, 5.74) is 3.27. The van der Waals surface area contributed by atoms with E-state index in [-0.39, 0.29) is 5.91 Å². The number of methoxy groups -OCH3 is 1. The van der Waals surface area contributed by atoms with Crippen LogP contribution in [0.5, 0.6) is 5.88 Å². The summed E-state index contributed by atoms with van der Waals surface area (Å²) in [6.07, 6.45) is 1.59. The van der Waals surface area contributed by atoms with Crippen molar-refractivity contribution < 1.29 is 9.53 Å². The number of carbonyl (C=O) groups is 1. The van der Waals surface area contributed by atoms with Gasteiger partial charge >= 0.3 is 0 Å². The first-order valence-electron chi connectivity index (χ1n) is 8.33. The number of nitrogens with one attached hydrogen (secondary N) is 1. The molecule has 132 valence electrons. The van der Waals surface area contributed by atoms with Crippen molar-refractivity contribution in [3.8, 4) is 5.88 Å². The fourth-order valence-electron chi connectivity index (χ4n) is 2.77. The molecule has 5 heteroatoms. The molecular weight excluding hydrogens is 326 g/mol. The predicted octanol–water partition coefficient (Wildman–Crippen LogP) is 3.98. The molecule has 0 atom stereocenters.